The van der Waals surface area contributed by atoms with Crippen LogP contribution >= 0.6 is 0 Å². The van der Waals surface area contributed by atoms with Crippen molar-refractivity contribution in [1.29, 1.82) is 0 Å². The summed E-state index contributed by atoms with van der Waals surface area (Å²) >= 11 is 0. The van der Waals surface area contributed by atoms with Crippen LogP contribution in [0.4, 0.5) is 0 Å². The first-order valence-corrected chi connectivity index (χ1v) is 11.6. The van der Waals surface area contributed by atoms with Gasteiger partial charge < -0.3 is 15.6 Å². The van der Waals surface area contributed by atoms with Crippen molar-refractivity contribution in [2.45, 2.75) is 83.5 Å². The molecule has 2 aliphatic carbocycles. The third-order valence-corrected chi connectivity index (χ3v) is 7.85. The fourth-order valence-electron chi connectivity index (χ4n) is 6.83. The maximum Gasteiger partial charge on any atom is 0.323 e. The largest absolute Gasteiger partial charge is 0.508 e. The Morgan fingerprint density at radius 3 is 2.58 bits per heavy atom. The van der Waals surface area contributed by atoms with E-state index in [0.717, 1.165) is 31.2 Å². The molecule has 0 amide bonds. The molecule has 3 N–H and O–H groups in total. The number of Topliss-reactive ketones (excluding diaryl/α,β-unsaturated/α-hetero) is 1. The molecule has 1 aromatic rings. The normalized spacial score (nSPS) is 33.3. The van der Waals surface area contributed by atoms with Crippen LogP contribution in [0.3, 0.4) is 0 Å². The average molecular weight is 429 g/mol. The van der Waals surface area contributed by atoms with E-state index in [9.17, 15) is 14.7 Å². The second-order valence-corrected chi connectivity index (χ2v) is 10.7. The summed E-state index contributed by atoms with van der Waals surface area (Å²) in [5, 5.41) is 9.53. The van der Waals surface area contributed by atoms with Crippen LogP contribution in [-0.2, 0) is 20.7 Å². The lowest BCUT2D eigenvalue weighted by atomic mass is 9.70. The maximum absolute atomic E-state index is 13.9. The second kappa shape index (κ2) is 7.89. The summed E-state index contributed by atoms with van der Waals surface area (Å²) in [6.07, 6.45) is 4.00. The van der Waals surface area contributed by atoms with Crippen molar-refractivity contribution in [3.05, 3.63) is 29.8 Å². The molecule has 2 bridgehead atoms. The van der Waals surface area contributed by atoms with E-state index in [1.807, 2.05) is 19.1 Å². The predicted octanol–water partition coefficient (Wildman–Crippen LogP) is 3.05. The van der Waals surface area contributed by atoms with Crippen LogP contribution in [0.2, 0.25) is 0 Å². The van der Waals surface area contributed by atoms with Crippen molar-refractivity contribution in [2.75, 3.05) is 6.61 Å². The predicted molar refractivity (Wildman–Crippen MR) is 118 cm³/mol. The molecule has 6 atom stereocenters. The highest BCUT2D eigenvalue weighted by atomic mass is 16.5. The lowest BCUT2D eigenvalue weighted by Gasteiger charge is -2.47. The van der Waals surface area contributed by atoms with Crippen LogP contribution in [0.1, 0.15) is 58.9 Å². The molecular weight excluding hydrogens is 392 g/mol. The number of ether oxygens (including phenoxy) is 1. The number of benzene rings is 1. The summed E-state index contributed by atoms with van der Waals surface area (Å²) < 4.78 is 5.43. The molecule has 1 aromatic carbocycles. The number of aromatic hydroxyl groups is 1. The summed E-state index contributed by atoms with van der Waals surface area (Å²) in [6, 6.07) is 6.06. The van der Waals surface area contributed by atoms with E-state index < -0.39 is 11.5 Å². The minimum absolute atomic E-state index is 0.0408. The number of nitrogens with two attached hydrogens (primary N) is 1. The van der Waals surface area contributed by atoms with Crippen LogP contribution in [-0.4, -0.2) is 52.0 Å². The number of carbonyl (C=O) groups is 2. The Labute approximate surface area is 185 Å². The van der Waals surface area contributed by atoms with Gasteiger partial charge in [0, 0.05) is 17.0 Å². The summed E-state index contributed by atoms with van der Waals surface area (Å²) in [6.45, 7) is 8.59. The first kappa shape index (κ1) is 22.3. The van der Waals surface area contributed by atoms with E-state index in [0.29, 0.717) is 24.9 Å². The van der Waals surface area contributed by atoms with Crippen molar-refractivity contribution in [3.8, 4) is 5.75 Å². The van der Waals surface area contributed by atoms with Gasteiger partial charge in [-0.2, -0.15) is 0 Å². The van der Waals surface area contributed by atoms with Gasteiger partial charge in [-0.3, -0.25) is 14.5 Å². The van der Waals surface area contributed by atoms with Crippen LogP contribution in [0.5, 0.6) is 5.75 Å². The van der Waals surface area contributed by atoms with E-state index in [1.165, 1.54) is 0 Å². The van der Waals surface area contributed by atoms with Crippen molar-refractivity contribution >= 4 is 11.8 Å². The van der Waals surface area contributed by atoms with E-state index >= 15 is 0 Å². The first-order chi connectivity index (χ1) is 14.6. The molecular formula is C25H36N2O4. The van der Waals surface area contributed by atoms with E-state index in [2.05, 4.69) is 25.7 Å². The van der Waals surface area contributed by atoms with E-state index in [1.54, 1.807) is 12.1 Å². The van der Waals surface area contributed by atoms with Gasteiger partial charge >= 0.3 is 5.97 Å². The molecule has 170 valence electrons. The van der Waals surface area contributed by atoms with Crippen LogP contribution in [0, 0.1) is 17.3 Å². The lowest BCUT2D eigenvalue weighted by Crippen LogP contribution is -2.60. The number of hydrogen-bond donors (Lipinski definition) is 2. The summed E-state index contributed by atoms with van der Waals surface area (Å²) in [7, 11) is 0. The molecule has 6 nitrogen and oxygen atoms in total. The van der Waals surface area contributed by atoms with Crippen LogP contribution in [0.25, 0.3) is 0 Å². The third kappa shape index (κ3) is 3.68. The molecule has 1 aliphatic heterocycles. The third-order valence-electron chi connectivity index (χ3n) is 7.85. The Balaban J connectivity index is 1.63. The molecule has 0 spiro atoms. The van der Waals surface area contributed by atoms with E-state index in [4.69, 9.17) is 10.5 Å². The number of ketones is 1. The Morgan fingerprint density at radius 1 is 1.29 bits per heavy atom. The molecule has 1 unspecified atom stereocenters. The van der Waals surface area contributed by atoms with Crippen LogP contribution < -0.4 is 5.73 Å². The average Bonchev–Trinajstić information content (AvgIpc) is 3.39. The summed E-state index contributed by atoms with van der Waals surface area (Å²) in [4.78, 5) is 29.0. The highest BCUT2D eigenvalue weighted by Crippen LogP contribution is 2.64. The molecule has 1 heterocycles. The fourth-order valence-corrected chi connectivity index (χ4v) is 6.83. The Kier molecular flexibility index (Phi) is 5.67. The first-order valence-electron chi connectivity index (χ1n) is 11.6. The Morgan fingerprint density at radius 2 is 1.97 bits per heavy atom. The molecule has 3 fully saturated rings. The van der Waals surface area contributed by atoms with E-state index in [-0.39, 0.29) is 35.1 Å². The molecule has 3 aliphatic rings. The second-order valence-electron chi connectivity index (χ2n) is 10.7. The number of rotatable bonds is 6. The molecule has 0 aromatic heterocycles. The summed E-state index contributed by atoms with van der Waals surface area (Å²) in [5.41, 5.74) is 6.71. The standard InChI is InChI=1S/C25H36N2O4/c1-5-31-23(30)20-13-18-16-10-11-25(14-16,21(18)27(20)24(2,3)4)22(29)19(26)12-15-6-8-17(28)9-7-15/h6-9,16,18-21,28H,5,10-14,26H2,1-4H3/t16-,18-,19?,20-,21+,25+/m0/s1. The maximum atomic E-state index is 13.9. The fraction of sp³-hybridized carbons (Fsp3) is 0.680. The lowest BCUT2D eigenvalue weighted by molar-refractivity contribution is -0.154. The van der Waals surface area contributed by atoms with Crippen molar-refractivity contribution < 1.29 is 19.4 Å². The topological polar surface area (TPSA) is 92.9 Å². The van der Waals surface area contributed by atoms with Gasteiger partial charge in [-0.1, -0.05) is 12.1 Å². The zero-order chi connectivity index (χ0) is 22.6. The number of phenols is 1. The molecule has 0 radical (unpaired) electrons. The van der Waals surface area contributed by atoms with Crippen LogP contribution in [0.15, 0.2) is 24.3 Å². The SMILES string of the molecule is CCOC(=O)[C@@H]1C[C@H]2[C@H]3CC[C@@](C(=O)C(N)Cc4ccc(O)cc4)(C3)[C@@H]2N1C(C)(C)C. The van der Waals surface area contributed by atoms with Gasteiger partial charge in [0.1, 0.15) is 11.8 Å². The van der Waals surface area contributed by atoms with Gasteiger partial charge in [-0.15, -0.1) is 0 Å². The number of likely N-dealkylation sites (tertiary alicyclic amines) is 1. The number of esters is 1. The minimum Gasteiger partial charge on any atom is -0.508 e. The van der Waals surface area contributed by atoms with Gasteiger partial charge in [0.15, 0.2) is 5.78 Å². The summed E-state index contributed by atoms with van der Waals surface area (Å²) in [5.74, 6) is 0.985. The van der Waals surface area contributed by atoms with Crippen molar-refractivity contribution in [2.24, 2.45) is 23.0 Å². The number of nitrogens with zero attached hydrogens (tertiary/aromatic N) is 1. The van der Waals surface area contributed by atoms with Gasteiger partial charge in [-0.25, -0.2) is 0 Å². The number of hydrogen-bond acceptors (Lipinski definition) is 6. The molecule has 31 heavy (non-hydrogen) atoms. The van der Waals surface area contributed by atoms with Gasteiger partial charge in [0.2, 0.25) is 0 Å². The highest BCUT2D eigenvalue weighted by molar-refractivity contribution is 5.92. The quantitative estimate of drug-likeness (QED) is 0.677. The zero-order valence-corrected chi connectivity index (χ0v) is 19.1. The van der Waals surface area contributed by atoms with Gasteiger partial charge in [0.25, 0.3) is 0 Å². The minimum atomic E-state index is -0.592. The molecule has 4 rings (SSSR count). The smallest absolute Gasteiger partial charge is 0.323 e. The number of carbonyl (C=O) groups excluding carboxylic acids is 2. The Hall–Kier alpha value is -1.92. The molecule has 1 saturated heterocycles. The Bertz CT molecular complexity index is 846. The number of phenolic OH excluding ortho intramolecular Hbond substituents is 1. The highest BCUT2D eigenvalue weighted by Gasteiger charge is 2.69. The monoisotopic (exact) mass is 428 g/mol. The van der Waals surface area contributed by atoms with Crippen molar-refractivity contribution in [1.82, 2.24) is 4.90 Å². The van der Waals surface area contributed by atoms with Gasteiger partial charge in [-0.05, 0) is 89.3 Å². The molecule has 2 saturated carbocycles. The zero-order valence-electron chi connectivity index (χ0n) is 19.1. The van der Waals surface area contributed by atoms with Gasteiger partial charge in [0.05, 0.1) is 12.6 Å². The molecule has 6 heteroatoms. The number of fused-ring (bicyclic) bond motifs is 5. The van der Waals surface area contributed by atoms with Crippen molar-refractivity contribution in [3.63, 3.8) is 0 Å².